The van der Waals surface area contributed by atoms with Crippen molar-refractivity contribution in [2.75, 3.05) is 5.32 Å². The third-order valence-electron chi connectivity index (χ3n) is 4.41. The number of anilines is 2. The fourth-order valence-electron chi connectivity index (χ4n) is 2.84. The summed E-state index contributed by atoms with van der Waals surface area (Å²) in [6.45, 7) is 8.69. The molecule has 1 aromatic heterocycles. The first-order valence-corrected chi connectivity index (χ1v) is 8.99. The lowest BCUT2D eigenvalue weighted by molar-refractivity contribution is 0.0946. The van der Waals surface area contributed by atoms with E-state index in [1.165, 1.54) is 11.1 Å². The van der Waals surface area contributed by atoms with Gasteiger partial charge in [0.1, 0.15) is 5.69 Å². The molecule has 0 atom stereocenters. The highest BCUT2D eigenvalue weighted by atomic mass is 16.2. The zero-order valence-electron chi connectivity index (χ0n) is 15.3. The van der Waals surface area contributed by atoms with Gasteiger partial charge in [0, 0.05) is 17.9 Å². The molecule has 2 aromatic rings. The van der Waals surface area contributed by atoms with Crippen LogP contribution in [0.2, 0.25) is 0 Å². The molecule has 1 saturated carbocycles. The summed E-state index contributed by atoms with van der Waals surface area (Å²) < 4.78 is 0. The van der Waals surface area contributed by atoms with Crippen LogP contribution in [0.25, 0.3) is 0 Å². The monoisotopic (exact) mass is 338 g/mol. The van der Waals surface area contributed by atoms with Gasteiger partial charge in [-0.15, -0.1) is 0 Å². The van der Waals surface area contributed by atoms with E-state index in [4.69, 9.17) is 0 Å². The Morgan fingerprint density at radius 2 is 1.72 bits per heavy atom. The summed E-state index contributed by atoms with van der Waals surface area (Å²) >= 11 is 0. The minimum absolute atomic E-state index is 0.130. The SMILES string of the molecule is CC(C)c1cccc(C(C)C)c1Nc1nccc(C(=O)NC2CC2)n1. The molecule has 0 unspecified atom stereocenters. The lowest BCUT2D eigenvalue weighted by Gasteiger charge is -2.20. The molecular formula is C20H26N4O. The van der Waals surface area contributed by atoms with Gasteiger partial charge < -0.3 is 10.6 Å². The Balaban J connectivity index is 1.90. The molecular weight excluding hydrogens is 312 g/mol. The predicted molar refractivity (Wildman–Crippen MR) is 100 cm³/mol. The number of hydrogen-bond donors (Lipinski definition) is 2. The number of carbonyl (C=O) groups is 1. The van der Waals surface area contributed by atoms with Gasteiger partial charge in [0.25, 0.3) is 5.91 Å². The van der Waals surface area contributed by atoms with Gasteiger partial charge in [-0.3, -0.25) is 4.79 Å². The zero-order valence-corrected chi connectivity index (χ0v) is 15.3. The van der Waals surface area contributed by atoms with Gasteiger partial charge in [0.15, 0.2) is 0 Å². The van der Waals surface area contributed by atoms with E-state index in [1.54, 1.807) is 12.3 Å². The van der Waals surface area contributed by atoms with E-state index in [9.17, 15) is 4.79 Å². The number of aromatic nitrogens is 2. The number of rotatable bonds is 6. The highest BCUT2D eigenvalue weighted by molar-refractivity contribution is 5.92. The zero-order chi connectivity index (χ0) is 18.0. The Kier molecular flexibility index (Phi) is 5.02. The predicted octanol–water partition coefficient (Wildman–Crippen LogP) is 4.36. The van der Waals surface area contributed by atoms with Crippen molar-refractivity contribution in [3.8, 4) is 0 Å². The topological polar surface area (TPSA) is 66.9 Å². The Morgan fingerprint density at radius 3 is 2.28 bits per heavy atom. The summed E-state index contributed by atoms with van der Waals surface area (Å²) in [5, 5.41) is 6.33. The smallest absolute Gasteiger partial charge is 0.270 e. The van der Waals surface area contributed by atoms with Gasteiger partial charge in [-0.1, -0.05) is 45.9 Å². The van der Waals surface area contributed by atoms with Gasteiger partial charge in [-0.05, 0) is 41.9 Å². The number of amides is 1. The Labute approximate surface area is 149 Å². The molecule has 1 aliphatic rings. The molecule has 0 bridgehead atoms. The van der Waals surface area contributed by atoms with Crippen molar-refractivity contribution in [2.45, 2.75) is 58.4 Å². The molecule has 1 fully saturated rings. The minimum atomic E-state index is -0.130. The van der Waals surface area contributed by atoms with Crippen molar-refractivity contribution < 1.29 is 4.79 Å². The third kappa shape index (κ3) is 4.16. The second kappa shape index (κ2) is 7.21. The molecule has 5 heteroatoms. The molecule has 1 aliphatic carbocycles. The normalized spacial score (nSPS) is 14.0. The lowest BCUT2D eigenvalue weighted by atomic mass is 9.93. The Hall–Kier alpha value is -2.43. The van der Waals surface area contributed by atoms with Crippen LogP contribution >= 0.6 is 0 Å². The van der Waals surface area contributed by atoms with E-state index in [0.29, 0.717) is 29.5 Å². The van der Waals surface area contributed by atoms with Crippen LogP contribution in [0.1, 0.15) is 74.0 Å². The summed E-state index contributed by atoms with van der Waals surface area (Å²) in [4.78, 5) is 20.9. The lowest BCUT2D eigenvalue weighted by Crippen LogP contribution is -2.26. The van der Waals surface area contributed by atoms with Crippen molar-refractivity contribution in [1.82, 2.24) is 15.3 Å². The maximum Gasteiger partial charge on any atom is 0.270 e. The highest BCUT2D eigenvalue weighted by Gasteiger charge is 2.24. The standard InChI is InChI=1S/C20H26N4O/c1-12(2)15-6-5-7-16(13(3)4)18(15)24-20-21-11-10-17(23-20)19(25)22-14-8-9-14/h5-7,10-14H,8-9H2,1-4H3,(H,22,25)(H,21,23,24). The molecule has 132 valence electrons. The van der Waals surface area contributed by atoms with Crippen LogP contribution in [0, 0.1) is 0 Å². The molecule has 0 aliphatic heterocycles. The second-order valence-electron chi connectivity index (χ2n) is 7.26. The van der Waals surface area contributed by atoms with E-state index < -0.39 is 0 Å². The quantitative estimate of drug-likeness (QED) is 0.821. The number of nitrogens with one attached hydrogen (secondary N) is 2. The number of hydrogen-bond acceptors (Lipinski definition) is 4. The van der Waals surface area contributed by atoms with Crippen LogP contribution in [0.4, 0.5) is 11.6 Å². The Morgan fingerprint density at radius 1 is 1.08 bits per heavy atom. The first kappa shape index (κ1) is 17.4. The fraction of sp³-hybridized carbons (Fsp3) is 0.450. The number of para-hydroxylation sites is 1. The van der Waals surface area contributed by atoms with E-state index in [1.807, 2.05) is 0 Å². The Bertz CT molecular complexity index is 740. The molecule has 0 spiro atoms. The van der Waals surface area contributed by atoms with Gasteiger partial charge in [-0.2, -0.15) is 0 Å². The molecule has 2 N–H and O–H groups in total. The van der Waals surface area contributed by atoms with Crippen molar-refractivity contribution >= 4 is 17.5 Å². The maximum absolute atomic E-state index is 12.2. The summed E-state index contributed by atoms with van der Waals surface area (Å²) in [7, 11) is 0. The summed E-state index contributed by atoms with van der Waals surface area (Å²) in [5.74, 6) is 1.08. The minimum Gasteiger partial charge on any atom is -0.348 e. The molecule has 1 aromatic carbocycles. The van der Waals surface area contributed by atoms with Gasteiger partial charge in [0.2, 0.25) is 5.95 Å². The third-order valence-corrected chi connectivity index (χ3v) is 4.41. The van der Waals surface area contributed by atoms with Crippen molar-refractivity contribution in [1.29, 1.82) is 0 Å². The van der Waals surface area contributed by atoms with E-state index >= 15 is 0 Å². The summed E-state index contributed by atoms with van der Waals surface area (Å²) in [6, 6.07) is 8.31. The van der Waals surface area contributed by atoms with Crippen LogP contribution in [0.5, 0.6) is 0 Å². The second-order valence-corrected chi connectivity index (χ2v) is 7.26. The van der Waals surface area contributed by atoms with Crippen LogP contribution in [0.15, 0.2) is 30.5 Å². The van der Waals surface area contributed by atoms with Crippen molar-refractivity contribution in [2.24, 2.45) is 0 Å². The molecule has 0 radical (unpaired) electrons. The van der Waals surface area contributed by atoms with E-state index in [2.05, 4.69) is 66.5 Å². The number of carbonyl (C=O) groups excluding carboxylic acids is 1. The van der Waals surface area contributed by atoms with Crippen LogP contribution in [0.3, 0.4) is 0 Å². The van der Waals surface area contributed by atoms with E-state index in [-0.39, 0.29) is 5.91 Å². The van der Waals surface area contributed by atoms with Crippen molar-refractivity contribution in [3.05, 3.63) is 47.3 Å². The van der Waals surface area contributed by atoms with Gasteiger partial charge in [0.05, 0.1) is 0 Å². The molecule has 3 rings (SSSR count). The average molecular weight is 338 g/mol. The van der Waals surface area contributed by atoms with Crippen LogP contribution < -0.4 is 10.6 Å². The largest absolute Gasteiger partial charge is 0.348 e. The molecule has 0 saturated heterocycles. The van der Waals surface area contributed by atoms with Gasteiger partial charge in [-0.25, -0.2) is 9.97 Å². The molecule has 5 nitrogen and oxygen atoms in total. The maximum atomic E-state index is 12.2. The molecule has 1 amide bonds. The highest BCUT2D eigenvalue weighted by Crippen LogP contribution is 2.33. The molecule has 25 heavy (non-hydrogen) atoms. The molecule has 1 heterocycles. The average Bonchev–Trinajstić information content (AvgIpc) is 3.38. The first-order valence-electron chi connectivity index (χ1n) is 8.99. The van der Waals surface area contributed by atoms with Gasteiger partial charge >= 0.3 is 0 Å². The van der Waals surface area contributed by atoms with Crippen molar-refractivity contribution in [3.63, 3.8) is 0 Å². The van der Waals surface area contributed by atoms with E-state index in [0.717, 1.165) is 18.5 Å². The van der Waals surface area contributed by atoms with Crippen LogP contribution in [-0.4, -0.2) is 21.9 Å². The summed E-state index contributed by atoms with van der Waals surface area (Å²) in [5.41, 5.74) is 3.90. The first-order chi connectivity index (χ1) is 12.0. The number of nitrogens with zero attached hydrogens (tertiary/aromatic N) is 2. The van der Waals surface area contributed by atoms with Crippen LogP contribution in [-0.2, 0) is 0 Å². The summed E-state index contributed by atoms with van der Waals surface area (Å²) in [6.07, 6.45) is 3.74. The fourth-order valence-corrected chi connectivity index (χ4v) is 2.84. The number of benzene rings is 1.